The van der Waals surface area contributed by atoms with Gasteiger partial charge in [-0.05, 0) is 18.0 Å². The van der Waals surface area contributed by atoms with E-state index >= 15 is 0 Å². The van der Waals surface area contributed by atoms with Crippen LogP contribution in [0.4, 0.5) is 0 Å². The van der Waals surface area contributed by atoms with Crippen LogP contribution in [-0.2, 0) is 0 Å². The van der Waals surface area contributed by atoms with Crippen LogP contribution in [0.3, 0.4) is 0 Å². The number of amidine groups is 2. The number of nitrogens with two attached hydrogens (primary N) is 1. The molecule has 0 bridgehead atoms. The summed E-state index contributed by atoms with van der Waals surface area (Å²) in [5.41, 5.74) is 0.913. The molecule has 7 nitrogen and oxygen atoms in total. The number of aliphatic imine (C=N–C) groups is 2. The van der Waals surface area contributed by atoms with E-state index < -0.39 is 20.2 Å². The third kappa shape index (κ3) is 8.50. The molecule has 0 radical (unpaired) electrons. The van der Waals surface area contributed by atoms with Gasteiger partial charge in [-0.2, -0.15) is 4.99 Å². The molecule has 1 aromatic carbocycles. The Kier molecular flexibility index (Phi) is 8.02. The van der Waals surface area contributed by atoms with Crippen molar-refractivity contribution in [3.63, 3.8) is 0 Å². The molecule has 12 heteroatoms. The summed E-state index contributed by atoms with van der Waals surface area (Å²) in [6.07, 6.45) is 1.41. The molecule has 1 aliphatic rings. The summed E-state index contributed by atoms with van der Waals surface area (Å²) in [5, 5.41) is 2.57. The number of hydrogen-bond donors (Lipinski definition) is 1. The second kappa shape index (κ2) is 8.82. The van der Waals surface area contributed by atoms with Gasteiger partial charge in [-0.1, -0.05) is 65.1 Å². The van der Waals surface area contributed by atoms with E-state index in [0.29, 0.717) is 5.84 Å². The summed E-state index contributed by atoms with van der Waals surface area (Å²) in [4.78, 5) is 8.82. The van der Waals surface area contributed by atoms with E-state index in [0.717, 1.165) is 10.7 Å². The fourth-order valence-corrected chi connectivity index (χ4v) is 2.26. The fourth-order valence-electron chi connectivity index (χ4n) is 1.48. The lowest BCUT2D eigenvalue weighted by Gasteiger charge is -2.22. The van der Waals surface area contributed by atoms with E-state index in [1.165, 1.54) is 11.8 Å². The molecular weight excluding hydrogens is 412 g/mol. The highest BCUT2D eigenvalue weighted by Crippen LogP contribution is 2.30. The van der Waals surface area contributed by atoms with E-state index in [2.05, 4.69) is 9.98 Å². The molecule has 23 heavy (non-hydrogen) atoms. The Labute approximate surface area is 153 Å². The van der Waals surface area contributed by atoms with E-state index in [4.69, 9.17) is 53.4 Å². The quantitative estimate of drug-likeness (QED) is 0.506. The maximum absolute atomic E-state index is 8.49. The molecule has 0 fully saturated rings. The summed E-state index contributed by atoms with van der Waals surface area (Å²) in [7, 11) is -4.94. The van der Waals surface area contributed by atoms with E-state index in [-0.39, 0.29) is 0 Å². The minimum Gasteiger partial charge on any atom is -0.267 e. The van der Waals surface area contributed by atoms with Crippen molar-refractivity contribution in [2.75, 3.05) is 6.26 Å². The average Bonchev–Trinajstić information content (AvgIpc) is 2.45. The van der Waals surface area contributed by atoms with Gasteiger partial charge >= 0.3 is 0 Å². The molecule has 1 heterocycles. The number of rotatable bonds is 1. The van der Waals surface area contributed by atoms with Crippen LogP contribution >= 0.6 is 46.6 Å². The Morgan fingerprint density at radius 1 is 1.13 bits per heavy atom. The minimum absolute atomic E-state index is 0.516. The first-order chi connectivity index (χ1) is 10.5. The standard InChI is InChI=1S/C11H10Cl3N3S.ClHO4/c1-18-10-16-8(7-5-3-2-4-6-7)15-9(17-10)11(12,13)14;2-1(3,4)5/h2-6,9H,1H3,(H,15,16,17);(H,2,3,4,5). The Morgan fingerprint density at radius 3 is 2.09 bits per heavy atom. The summed E-state index contributed by atoms with van der Waals surface area (Å²) < 4.78 is 32.5. The third-order valence-electron chi connectivity index (χ3n) is 2.35. The van der Waals surface area contributed by atoms with Gasteiger partial charge in [-0.15, -0.1) is 10.2 Å². The van der Waals surface area contributed by atoms with Gasteiger partial charge in [0.15, 0.2) is 5.84 Å². The Hall–Kier alpha value is -0.130. The van der Waals surface area contributed by atoms with Crippen molar-refractivity contribution in [1.82, 2.24) is 0 Å². The number of thioether (sulfide) groups is 1. The van der Waals surface area contributed by atoms with Crippen LogP contribution in [0.2, 0.25) is 0 Å². The van der Waals surface area contributed by atoms with Crippen LogP contribution in [0.1, 0.15) is 5.56 Å². The molecule has 0 saturated heterocycles. The van der Waals surface area contributed by atoms with Gasteiger partial charge in [0.05, 0.1) is 0 Å². The van der Waals surface area contributed by atoms with Crippen molar-refractivity contribution in [1.29, 1.82) is 0 Å². The van der Waals surface area contributed by atoms with Crippen molar-refractivity contribution in [3.8, 4) is 0 Å². The second-order valence-electron chi connectivity index (χ2n) is 4.00. The Balaban J connectivity index is 0.000000463. The first-order valence-electron chi connectivity index (χ1n) is 5.80. The Morgan fingerprint density at radius 2 is 1.65 bits per heavy atom. The van der Waals surface area contributed by atoms with Crippen LogP contribution < -0.4 is 24.0 Å². The maximum atomic E-state index is 8.49. The zero-order valence-electron chi connectivity index (χ0n) is 11.5. The molecule has 0 aliphatic carbocycles. The molecule has 0 saturated carbocycles. The van der Waals surface area contributed by atoms with Crippen LogP contribution in [0.15, 0.2) is 40.3 Å². The molecular formula is C11H11Cl4N3O4S. The number of halogens is 4. The molecule has 2 rings (SSSR count). The largest absolute Gasteiger partial charge is 0.267 e. The van der Waals surface area contributed by atoms with Crippen molar-refractivity contribution >= 4 is 57.6 Å². The lowest BCUT2D eigenvalue weighted by atomic mass is 10.2. The van der Waals surface area contributed by atoms with Crippen molar-refractivity contribution in [2.45, 2.75) is 9.96 Å². The first-order valence-corrected chi connectivity index (χ1v) is 9.39. The lowest BCUT2D eigenvalue weighted by molar-refractivity contribution is -2.00. The highest BCUT2D eigenvalue weighted by atomic mass is 35.7. The lowest BCUT2D eigenvalue weighted by Crippen LogP contribution is -2.95. The number of nitrogens with zero attached hydrogens (tertiary/aromatic N) is 2. The van der Waals surface area contributed by atoms with Crippen molar-refractivity contribution < 1.29 is 34.2 Å². The highest BCUT2D eigenvalue weighted by molar-refractivity contribution is 8.12. The van der Waals surface area contributed by atoms with Gasteiger partial charge in [0.1, 0.15) is 0 Å². The number of quaternary nitrogens is 1. The topological polar surface area (TPSA) is 134 Å². The molecule has 2 N–H and O–H groups in total. The predicted octanol–water partition coefficient (Wildman–Crippen LogP) is -2.33. The molecule has 1 atom stereocenters. The zero-order chi connectivity index (χ0) is 17.7. The van der Waals surface area contributed by atoms with Gasteiger partial charge in [-0.3, -0.25) is 5.32 Å². The number of hydrogen-bond acceptors (Lipinski definition) is 7. The molecule has 0 aromatic heterocycles. The summed E-state index contributed by atoms with van der Waals surface area (Å²) >= 11 is 19.2. The van der Waals surface area contributed by atoms with Gasteiger partial charge in [0, 0.05) is 5.56 Å². The van der Waals surface area contributed by atoms with Crippen LogP contribution in [0, 0.1) is 10.2 Å². The summed E-state index contributed by atoms with van der Waals surface area (Å²) in [6, 6.07) is 9.65. The van der Waals surface area contributed by atoms with E-state index in [9.17, 15) is 0 Å². The molecule has 1 aromatic rings. The monoisotopic (exact) mass is 421 g/mol. The predicted molar refractivity (Wildman–Crippen MR) is 79.9 cm³/mol. The molecule has 128 valence electrons. The van der Waals surface area contributed by atoms with Crippen LogP contribution in [0.25, 0.3) is 0 Å². The summed E-state index contributed by atoms with van der Waals surface area (Å²) in [6.45, 7) is 0. The molecule has 1 unspecified atom stereocenters. The molecule has 0 spiro atoms. The molecule has 0 amide bonds. The van der Waals surface area contributed by atoms with Crippen LogP contribution in [0.5, 0.6) is 0 Å². The number of alkyl halides is 3. The van der Waals surface area contributed by atoms with Crippen molar-refractivity contribution in [2.24, 2.45) is 9.98 Å². The Bertz CT molecular complexity index is 569. The third-order valence-corrected chi connectivity index (χ3v) is 3.67. The van der Waals surface area contributed by atoms with Gasteiger partial charge in [0.2, 0.25) is 6.17 Å². The normalized spacial score (nSPS) is 18.5. The SMILES string of the molecule is CSC1=NC(c2ccccc2)=NC(C(Cl)(Cl)Cl)[NH2+]1.[O-][Cl+3]([O-])([O-])[O-]. The fraction of sp³-hybridized carbons (Fsp3) is 0.273. The first kappa shape index (κ1) is 20.9. The summed E-state index contributed by atoms with van der Waals surface area (Å²) in [5.74, 6) is 0.596. The van der Waals surface area contributed by atoms with Gasteiger partial charge in [0.25, 0.3) is 8.96 Å². The maximum Gasteiger partial charge on any atom is 0.264 e. The van der Waals surface area contributed by atoms with Gasteiger partial charge < -0.3 is 0 Å². The molecule has 1 aliphatic heterocycles. The van der Waals surface area contributed by atoms with E-state index in [1.54, 1.807) is 5.32 Å². The van der Waals surface area contributed by atoms with Crippen molar-refractivity contribution in [3.05, 3.63) is 35.9 Å². The minimum atomic E-state index is -4.94. The van der Waals surface area contributed by atoms with Gasteiger partial charge in [-0.25, -0.2) is 23.6 Å². The highest BCUT2D eigenvalue weighted by Gasteiger charge is 2.39. The number of benzene rings is 1. The smallest absolute Gasteiger partial charge is 0.264 e. The zero-order valence-corrected chi connectivity index (χ0v) is 15.3. The van der Waals surface area contributed by atoms with E-state index in [1.807, 2.05) is 36.6 Å². The second-order valence-corrected chi connectivity index (χ2v) is 7.96. The average molecular weight is 423 g/mol. The van der Waals surface area contributed by atoms with Crippen LogP contribution in [-0.4, -0.2) is 27.2 Å².